The molecule has 2 rings (SSSR count). The van der Waals surface area contributed by atoms with Crippen LogP contribution in [-0.4, -0.2) is 15.9 Å². The quantitative estimate of drug-likeness (QED) is 0.879. The summed E-state index contributed by atoms with van der Waals surface area (Å²) in [6.45, 7) is 1.38. The first-order valence-electron chi connectivity index (χ1n) is 4.54. The summed E-state index contributed by atoms with van der Waals surface area (Å²) >= 11 is 3.36. The second kappa shape index (κ2) is 3.79. The van der Waals surface area contributed by atoms with Gasteiger partial charge in [0.25, 0.3) is 0 Å². The Labute approximate surface area is 95.2 Å². The second-order valence-electron chi connectivity index (χ2n) is 3.45. The third-order valence-corrected chi connectivity index (χ3v) is 2.85. The number of rotatable bonds is 2. The zero-order chi connectivity index (χ0) is 11.0. The number of carbonyl (C=O) groups is 1. The topological polar surface area (TPSA) is 53.1 Å². The maximum atomic E-state index is 11.1. The molecule has 1 aromatic carbocycles. The van der Waals surface area contributed by atoms with Gasteiger partial charge in [-0.25, -0.2) is 0 Å². The summed E-state index contributed by atoms with van der Waals surface area (Å²) in [6.07, 6.45) is 0.622. The van der Waals surface area contributed by atoms with Crippen LogP contribution in [0.15, 0.2) is 28.9 Å². The van der Waals surface area contributed by atoms with Crippen LogP contribution in [0.5, 0.6) is 0 Å². The molecule has 0 saturated heterocycles. The Morgan fingerprint density at radius 3 is 2.93 bits per heavy atom. The number of H-pyrrole nitrogens is 1. The number of nitrogens with one attached hydrogen (secondary N) is 1. The minimum atomic E-state index is -1.05. The predicted molar refractivity (Wildman–Crippen MR) is 61.6 cm³/mol. The van der Waals surface area contributed by atoms with Crippen LogP contribution < -0.4 is 0 Å². The van der Waals surface area contributed by atoms with Gasteiger partial charge in [-0.1, -0.05) is 15.9 Å². The highest BCUT2D eigenvalue weighted by Gasteiger charge is 2.16. The molecule has 78 valence electrons. The molecular weight excluding hydrogens is 258 g/mol. The number of hydrogen-bond acceptors (Lipinski definition) is 2. The van der Waals surface area contributed by atoms with Crippen LogP contribution in [0, 0.1) is 0 Å². The van der Waals surface area contributed by atoms with Crippen molar-refractivity contribution in [1.29, 1.82) is 0 Å². The first kappa shape index (κ1) is 10.4. The third-order valence-electron chi connectivity index (χ3n) is 2.36. The van der Waals surface area contributed by atoms with Gasteiger partial charge in [0.05, 0.1) is 0 Å². The molecule has 0 aliphatic carbocycles. The average Bonchev–Trinajstić information content (AvgIpc) is 2.59. The molecule has 1 unspecified atom stereocenters. The van der Waals surface area contributed by atoms with Crippen LogP contribution in [-0.2, 0) is 4.79 Å². The molecule has 2 N–H and O–H groups in total. The van der Waals surface area contributed by atoms with Crippen molar-refractivity contribution in [2.45, 2.75) is 13.0 Å². The zero-order valence-electron chi connectivity index (χ0n) is 8.12. The number of Topliss-reactive ketones (excluding diaryl/α,β-unsaturated/α-hetero) is 1. The standard InChI is InChI=1S/C11H10BrNO2/c1-6(14)11(15)9-5-13-10-3-2-7(12)4-8(9)10/h2-5,11,13,15H,1H3. The molecule has 0 saturated carbocycles. The average molecular weight is 268 g/mol. The number of hydrogen-bond donors (Lipinski definition) is 2. The van der Waals surface area contributed by atoms with Crippen LogP contribution in [0.2, 0.25) is 0 Å². The fourth-order valence-electron chi connectivity index (χ4n) is 1.56. The number of aliphatic hydroxyl groups is 1. The van der Waals surface area contributed by atoms with Crippen molar-refractivity contribution >= 4 is 32.6 Å². The highest BCUT2D eigenvalue weighted by Crippen LogP contribution is 2.27. The monoisotopic (exact) mass is 267 g/mol. The molecule has 1 aromatic heterocycles. The van der Waals surface area contributed by atoms with E-state index >= 15 is 0 Å². The van der Waals surface area contributed by atoms with Crippen LogP contribution in [0.3, 0.4) is 0 Å². The summed E-state index contributed by atoms with van der Waals surface area (Å²) in [4.78, 5) is 14.1. The SMILES string of the molecule is CC(=O)C(O)c1c[nH]c2ccc(Br)cc12. The fourth-order valence-corrected chi connectivity index (χ4v) is 1.92. The lowest BCUT2D eigenvalue weighted by Gasteiger charge is -2.04. The second-order valence-corrected chi connectivity index (χ2v) is 4.36. The van der Waals surface area contributed by atoms with Crippen molar-refractivity contribution in [3.05, 3.63) is 34.4 Å². The smallest absolute Gasteiger partial charge is 0.162 e. The van der Waals surface area contributed by atoms with E-state index in [1.54, 1.807) is 6.20 Å². The minimum absolute atomic E-state index is 0.254. The lowest BCUT2D eigenvalue weighted by molar-refractivity contribution is -0.125. The molecule has 0 aliphatic heterocycles. The summed E-state index contributed by atoms with van der Waals surface area (Å²) in [5, 5.41) is 10.6. The van der Waals surface area contributed by atoms with Gasteiger partial charge in [0.1, 0.15) is 6.10 Å². The van der Waals surface area contributed by atoms with Gasteiger partial charge in [-0.3, -0.25) is 4.79 Å². The molecule has 0 bridgehead atoms. The van der Waals surface area contributed by atoms with Crippen LogP contribution in [0.25, 0.3) is 10.9 Å². The highest BCUT2D eigenvalue weighted by molar-refractivity contribution is 9.10. The van der Waals surface area contributed by atoms with Crippen molar-refractivity contribution in [2.75, 3.05) is 0 Å². The first-order valence-corrected chi connectivity index (χ1v) is 5.34. The lowest BCUT2D eigenvalue weighted by atomic mass is 10.1. The summed E-state index contributed by atoms with van der Waals surface area (Å²) in [7, 11) is 0. The van der Waals surface area contributed by atoms with Crippen LogP contribution in [0.1, 0.15) is 18.6 Å². The van der Waals surface area contributed by atoms with Gasteiger partial charge < -0.3 is 10.1 Å². The molecular formula is C11H10BrNO2. The number of ketones is 1. The Morgan fingerprint density at radius 1 is 1.53 bits per heavy atom. The zero-order valence-corrected chi connectivity index (χ0v) is 9.71. The van der Waals surface area contributed by atoms with Gasteiger partial charge in [0.2, 0.25) is 0 Å². The molecule has 0 aliphatic rings. The summed E-state index contributed by atoms with van der Waals surface area (Å²) in [5.41, 5.74) is 1.53. The highest BCUT2D eigenvalue weighted by atomic mass is 79.9. The maximum absolute atomic E-state index is 11.1. The third kappa shape index (κ3) is 1.82. The Hall–Kier alpha value is -1.13. The molecule has 4 heteroatoms. The largest absolute Gasteiger partial charge is 0.380 e. The van der Waals surface area contributed by atoms with Crippen LogP contribution >= 0.6 is 15.9 Å². The Bertz CT molecular complexity index is 518. The molecule has 1 atom stereocenters. The van der Waals surface area contributed by atoms with E-state index in [1.807, 2.05) is 18.2 Å². The number of aromatic nitrogens is 1. The first-order chi connectivity index (χ1) is 7.09. The summed E-state index contributed by atoms with van der Waals surface area (Å²) < 4.78 is 0.923. The van der Waals surface area contributed by atoms with Crippen molar-refractivity contribution in [3.8, 4) is 0 Å². The van der Waals surface area contributed by atoms with Crippen LogP contribution in [0.4, 0.5) is 0 Å². The normalized spacial score (nSPS) is 13.0. The van der Waals surface area contributed by atoms with Crippen molar-refractivity contribution < 1.29 is 9.90 Å². The van der Waals surface area contributed by atoms with Gasteiger partial charge in [-0.05, 0) is 25.1 Å². The number of carbonyl (C=O) groups excluding carboxylic acids is 1. The molecule has 0 radical (unpaired) electrons. The molecule has 0 amide bonds. The predicted octanol–water partition coefficient (Wildman–Crippen LogP) is 2.55. The van der Waals surface area contributed by atoms with Gasteiger partial charge in [-0.15, -0.1) is 0 Å². The van der Waals surface area contributed by atoms with Crippen molar-refractivity contribution in [1.82, 2.24) is 4.98 Å². The molecule has 0 spiro atoms. The number of halogens is 1. The van der Waals surface area contributed by atoms with E-state index in [9.17, 15) is 9.90 Å². The number of fused-ring (bicyclic) bond motifs is 1. The Morgan fingerprint density at radius 2 is 2.27 bits per heavy atom. The fraction of sp³-hybridized carbons (Fsp3) is 0.182. The summed E-state index contributed by atoms with van der Waals surface area (Å²) in [6, 6.07) is 5.69. The Balaban J connectivity index is 2.61. The number of aromatic amines is 1. The van der Waals surface area contributed by atoms with E-state index in [4.69, 9.17) is 0 Å². The van der Waals surface area contributed by atoms with E-state index in [1.165, 1.54) is 6.92 Å². The van der Waals surface area contributed by atoms with Gasteiger partial charge in [0, 0.05) is 27.1 Å². The van der Waals surface area contributed by atoms with Gasteiger partial charge in [0.15, 0.2) is 5.78 Å². The van der Waals surface area contributed by atoms with Crippen molar-refractivity contribution in [2.24, 2.45) is 0 Å². The van der Waals surface area contributed by atoms with E-state index < -0.39 is 6.10 Å². The molecule has 1 heterocycles. The van der Waals surface area contributed by atoms with E-state index in [-0.39, 0.29) is 5.78 Å². The molecule has 15 heavy (non-hydrogen) atoms. The Kier molecular flexibility index (Phi) is 2.63. The number of aliphatic hydroxyl groups excluding tert-OH is 1. The molecule has 3 nitrogen and oxygen atoms in total. The minimum Gasteiger partial charge on any atom is -0.380 e. The molecule has 2 aromatic rings. The van der Waals surface area contributed by atoms with Gasteiger partial charge in [-0.2, -0.15) is 0 Å². The number of benzene rings is 1. The van der Waals surface area contributed by atoms with Crippen molar-refractivity contribution in [3.63, 3.8) is 0 Å². The van der Waals surface area contributed by atoms with E-state index in [0.717, 1.165) is 15.4 Å². The van der Waals surface area contributed by atoms with E-state index in [0.29, 0.717) is 5.56 Å². The van der Waals surface area contributed by atoms with Gasteiger partial charge >= 0.3 is 0 Å². The molecule has 0 fully saturated rings. The van der Waals surface area contributed by atoms with E-state index in [2.05, 4.69) is 20.9 Å². The summed E-state index contributed by atoms with van der Waals surface area (Å²) in [5.74, 6) is -0.254. The maximum Gasteiger partial charge on any atom is 0.162 e. The lowest BCUT2D eigenvalue weighted by Crippen LogP contribution is -2.06.